The highest BCUT2D eigenvalue weighted by molar-refractivity contribution is 6.31. The van der Waals surface area contributed by atoms with Crippen LogP contribution in [0.4, 0.5) is 0 Å². The summed E-state index contributed by atoms with van der Waals surface area (Å²) in [7, 11) is 0. The second-order valence-corrected chi connectivity index (χ2v) is 6.42. The Kier molecular flexibility index (Phi) is 8.19. The lowest BCUT2D eigenvalue weighted by atomic mass is 9.83. The van der Waals surface area contributed by atoms with E-state index in [0.29, 0.717) is 21.2 Å². The maximum absolute atomic E-state index is 11.2. The third-order valence-electron chi connectivity index (χ3n) is 3.68. The van der Waals surface area contributed by atoms with Crippen LogP contribution in [0.15, 0.2) is 53.9 Å². The monoisotopic (exact) mass is 369 g/mol. The lowest BCUT2D eigenvalue weighted by Gasteiger charge is -2.25. The number of aliphatic hydroxyl groups is 1. The molecular weight excluding hydrogens is 349 g/mol. The molecule has 0 fully saturated rings. The summed E-state index contributed by atoms with van der Waals surface area (Å²) in [5.74, 6) is -2.07. The molecular formula is C18H21Cl2NO3. The van der Waals surface area contributed by atoms with Crippen molar-refractivity contribution in [3.8, 4) is 0 Å². The summed E-state index contributed by atoms with van der Waals surface area (Å²) >= 11 is 11.9. The number of pyridine rings is 1. The fourth-order valence-corrected chi connectivity index (χ4v) is 2.45. The largest absolute Gasteiger partial charge is 0.481 e. The molecule has 6 heteroatoms. The molecule has 3 atom stereocenters. The van der Waals surface area contributed by atoms with Gasteiger partial charge in [0.1, 0.15) is 0 Å². The van der Waals surface area contributed by atoms with E-state index in [0.717, 1.165) is 0 Å². The molecule has 0 aromatic carbocycles. The Balaban J connectivity index is 3.09. The highest BCUT2D eigenvalue weighted by atomic mass is 35.5. The summed E-state index contributed by atoms with van der Waals surface area (Å²) in [6.07, 6.45) is 7.25. The Hall–Kier alpha value is -1.62. The number of hydrogen-bond donors (Lipinski definition) is 2. The lowest BCUT2D eigenvalue weighted by Crippen LogP contribution is -2.24. The first-order valence-electron chi connectivity index (χ1n) is 7.46. The maximum Gasteiger partial charge on any atom is 0.306 e. The quantitative estimate of drug-likeness (QED) is 0.659. The molecule has 1 aromatic heterocycles. The molecule has 1 unspecified atom stereocenters. The summed E-state index contributed by atoms with van der Waals surface area (Å²) < 4.78 is 0. The first-order valence-corrected chi connectivity index (χ1v) is 8.21. The molecule has 130 valence electrons. The smallest absolute Gasteiger partial charge is 0.306 e. The van der Waals surface area contributed by atoms with Crippen LogP contribution >= 0.6 is 23.2 Å². The Morgan fingerprint density at radius 1 is 1.42 bits per heavy atom. The molecule has 0 amide bonds. The minimum Gasteiger partial charge on any atom is -0.481 e. The summed E-state index contributed by atoms with van der Waals surface area (Å²) in [5.41, 5.74) is 1.09. The normalized spacial score (nSPS) is 16.0. The zero-order valence-corrected chi connectivity index (χ0v) is 15.1. The first kappa shape index (κ1) is 20.4. The number of halogens is 2. The summed E-state index contributed by atoms with van der Waals surface area (Å²) in [5, 5.41) is 20.8. The van der Waals surface area contributed by atoms with Crippen LogP contribution in [-0.2, 0) is 4.79 Å². The zero-order chi connectivity index (χ0) is 18.3. The van der Waals surface area contributed by atoms with Gasteiger partial charge in [-0.2, -0.15) is 0 Å². The van der Waals surface area contributed by atoms with Gasteiger partial charge in [-0.15, -0.1) is 0 Å². The predicted octanol–water partition coefficient (Wildman–Crippen LogP) is 4.55. The van der Waals surface area contributed by atoms with E-state index in [2.05, 4.69) is 11.6 Å². The van der Waals surface area contributed by atoms with Crippen molar-refractivity contribution in [1.82, 2.24) is 4.98 Å². The molecule has 4 nitrogen and oxygen atoms in total. The van der Waals surface area contributed by atoms with Crippen LogP contribution in [-0.4, -0.2) is 27.3 Å². The van der Waals surface area contributed by atoms with Gasteiger partial charge in [0.25, 0.3) is 0 Å². The molecule has 2 N–H and O–H groups in total. The number of nitrogens with zero attached hydrogens (tertiary/aromatic N) is 1. The van der Waals surface area contributed by atoms with E-state index in [-0.39, 0.29) is 6.42 Å². The standard InChI is InChI=1S/C18H21Cl2NO3/c1-4-14(19)6-5-11(2)17(22)16(7-12(3)18(23)24)13-8-15(20)10-21-9-13/h4-6,8-10,12,16-17,22H,2,7H2,1,3H3,(H,23,24)/b6-5-,14-4+/t12?,16-,17+/m0/s1. The van der Waals surface area contributed by atoms with Crippen molar-refractivity contribution in [2.45, 2.75) is 32.3 Å². The molecule has 1 heterocycles. The molecule has 24 heavy (non-hydrogen) atoms. The molecule has 0 aliphatic carbocycles. The van der Waals surface area contributed by atoms with E-state index < -0.39 is 23.9 Å². The number of carbonyl (C=O) groups is 1. The minimum absolute atomic E-state index is 0.225. The van der Waals surface area contributed by atoms with Crippen molar-refractivity contribution < 1.29 is 15.0 Å². The molecule has 0 spiro atoms. The average Bonchev–Trinajstić information content (AvgIpc) is 2.56. The van der Waals surface area contributed by atoms with E-state index in [9.17, 15) is 15.0 Å². The Morgan fingerprint density at radius 2 is 2.08 bits per heavy atom. The first-order chi connectivity index (χ1) is 11.3. The number of rotatable bonds is 8. The second kappa shape index (κ2) is 9.62. The highest BCUT2D eigenvalue weighted by Crippen LogP contribution is 2.32. The van der Waals surface area contributed by atoms with E-state index in [1.165, 1.54) is 6.20 Å². The van der Waals surface area contributed by atoms with Gasteiger partial charge in [-0.25, -0.2) is 0 Å². The topological polar surface area (TPSA) is 70.4 Å². The molecule has 0 aliphatic rings. The molecule has 0 saturated heterocycles. The van der Waals surface area contributed by atoms with Gasteiger partial charge in [0, 0.05) is 23.3 Å². The van der Waals surface area contributed by atoms with Crippen molar-refractivity contribution in [2.75, 3.05) is 0 Å². The van der Waals surface area contributed by atoms with Crippen LogP contribution in [0.5, 0.6) is 0 Å². The fourth-order valence-electron chi connectivity index (χ4n) is 2.20. The van der Waals surface area contributed by atoms with Crippen LogP contribution in [0.2, 0.25) is 5.02 Å². The van der Waals surface area contributed by atoms with Gasteiger partial charge in [-0.05, 0) is 36.6 Å². The number of carboxylic acid groups (broad SMARTS) is 1. The van der Waals surface area contributed by atoms with Crippen LogP contribution in [0, 0.1) is 5.92 Å². The summed E-state index contributed by atoms with van der Waals surface area (Å²) in [6, 6.07) is 1.67. The Morgan fingerprint density at radius 3 is 2.62 bits per heavy atom. The maximum atomic E-state index is 11.2. The van der Waals surface area contributed by atoms with Crippen LogP contribution < -0.4 is 0 Å². The van der Waals surface area contributed by atoms with Gasteiger partial charge in [-0.1, -0.05) is 48.9 Å². The number of allylic oxidation sites excluding steroid dienone is 3. The van der Waals surface area contributed by atoms with Crippen molar-refractivity contribution >= 4 is 29.2 Å². The summed E-state index contributed by atoms with van der Waals surface area (Å²) in [6.45, 7) is 7.24. The average molecular weight is 370 g/mol. The molecule has 0 aliphatic heterocycles. The Labute approximate surface area is 152 Å². The predicted molar refractivity (Wildman–Crippen MR) is 97.3 cm³/mol. The second-order valence-electron chi connectivity index (χ2n) is 5.54. The van der Waals surface area contributed by atoms with Gasteiger partial charge in [-0.3, -0.25) is 9.78 Å². The van der Waals surface area contributed by atoms with Gasteiger partial charge in [0.05, 0.1) is 17.0 Å². The van der Waals surface area contributed by atoms with Gasteiger partial charge in [0.15, 0.2) is 0 Å². The molecule has 0 radical (unpaired) electrons. The van der Waals surface area contributed by atoms with Crippen molar-refractivity contribution in [1.29, 1.82) is 0 Å². The third-order valence-corrected chi connectivity index (χ3v) is 4.23. The van der Waals surface area contributed by atoms with E-state index in [4.69, 9.17) is 23.2 Å². The minimum atomic E-state index is -0.982. The van der Waals surface area contributed by atoms with Gasteiger partial charge >= 0.3 is 5.97 Å². The van der Waals surface area contributed by atoms with Crippen LogP contribution in [0.25, 0.3) is 0 Å². The van der Waals surface area contributed by atoms with E-state index in [1.807, 2.05) is 0 Å². The summed E-state index contributed by atoms with van der Waals surface area (Å²) in [4.78, 5) is 15.2. The third kappa shape index (κ3) is 6.11. The molecule has 0 bridgehead atoms. The van der Waals surface area contributed by atoms with Gasteiger partial charge in [0.2, 0.25) is 0 Å². The van der Waals surface area contributed by atoms with Crippen molar-refractivity contribution in [3.05, 3.63) is 64.5 Å². The molecule has 0 saturated carbocycles. The van der Waals surface area contributed by atoms with Crippen LogP contribution in [0.3, 0.4) is 0 Å². The lowest BCUT2D eigenvalue weighted by molar-refractivity contribution is -0.141. The fraction of sp³-hybridized carbons (Fsp3) is 0.333. The van der Waals surface area contributed by atoms with Gasteiger partial charge < -0.3 is 10.2 Å². The highest BCUT2D eigenvalue weighted by Gasteiger charge is 2.27. The number of aliphatic carboxylic acids is 1. The zero-order valence-electron chi connectivity index (χ0n) is 13.6. The van der Waals surface area contributed by atoms with Crippen molar-refractivity contribution in [3.63, 3.8) is 0 Å². The van der Waals surface area contributed by atoms with Crippen LogP contribution in [0.1, 0.15) is 31.7 Å². The number of hydrogen-bond acceptors (Lipinski definition) is 3. The number of aromatic nitrogens is 1. The number of carboxylic acids is 1. The number of aliphatic hydroxyl groups excluding tert-OH is 1. The Bertz CT molecular complexity index is 655. The van der Waals surface area contributed by atoms with Crippen molar-refractivity contribution in [2.24, 2.45) is 5.92 Å². The molecule has 1 aromatic rings. The van der Waals surface area contributed by atoms with E-state index in [1.54, 1.807) is 44.3 Å². The SMILES string of the molecule is C=C(/C=C\C(Cl)=C/C)[C@@H](O)[C@@H](CC(C)C(=O)O)c1cncc(Cl)c1. The van der Waals surface area contributed by atoms with E-state index >= 15 is 0 Å². The molecule has 1 rings (SSSR count).